The van der Waals surface area contributed by atoms with Crippen molar-refractivity contribution >= 4 is 11.7 Å². The molecule has 5 heteroatoms. The van der Waals surface area contributed by atoms with E-state index in [2.05, 4.69) is 5.32 Å². The molecule has 2 atom stereocenters. The van der Waals surface area contributed by atoms with Crippen LogP contribution >= 0.6 is 0 Å². The first-order valence-corrected chi connectivity index (χ1v) is 6.84. The molecule has 0 aromatic heterocycles. The summed E-state index contributed by atoms with van der Waals surface area (Å²) in [7, 11) is 0. The van der Waals surface area contributed by atoms with Crippen molar-refractivity contribution in [3.63, 3.8) is 0 Å². The average molecular weight is 276 g/mol. The minimum Gasteiger partial charge on any atom is -0.369 e. The molecule has 2 rings (SSSR count). The number of rotatable bonds is 7. The number of hydrogen-bond acceptors (Lipinski definition) is 4. The number of carbonyl (C=O) groups excluding carboxylic acids is 2. The fraction of sp³-hybridized carbons (Fsp3) is 0.467. The van der Waals surface area contributed by atoms with E-state index < -0.39 is 6.04 Å². The highest BCUT2D eigenvalue weighted by Gasteiger charge is 2.28. The minimum absolute atomic E-state index is 0.00143. The number of nitrogens with two attached hydrogens (primary N) is 1. The number of benzene rings is 1. The normalized spacial score (nSPS) is 19.6. The van der Waals surface area contributed by atoms with Crippen molar-refractivity contribution in [2.75, 3.05) is 13.2 Å². The summed E-state index contributed by atoms with van der Waals surface area (Å²) in [5.41, 5.74) is 6.85. The fourth-order valence-electron chi connectivity index (χ4n) is 2.26. The zero-order valence-electron chi connectivity index (χ0n) is 11.4. The molecule has 1 unspecified atom stereocenters. The molecule has 1 amide bonds. The van der Waals surface area contributed by atoms with Gasteiger partial charge in [-0.05, 0) is 18.4 Å². The Kier molecular flexibility index (Phi) is 5.26. The van der Waals surface area contributed by atoms with Crippen molar-refractivity contribution in [3.05, 3.63) is 35.9 Å². The highest BCUT2D eigenvalue weighted by molar-refractivity contribution is 5.86. The van der Waals surface area contributed by atoms with Crippen LogP contribution in [-0.4, -0.2) is 30.9 Å². The third kappa shape index (κ3) is 4.15. The Bertz CT molecular complexity index is 461. The van der Waals surface area contributed by atoms with E-state index in [-0.39, 0.29) is 24.2 Å². The van der Waals surface area contributed by atoms with Crippen LogP contribution in [-0.2, 0) is 20.9 Å². The summed E-state index contributed by atoms with van der Waals surface area (Å²) in [5.74, 6) is -0.290. The predicted molar refractivity (Wildman–Crippen MR) is 74.8 cm³/mol. The Morgan fingerprint density at radius 3 is 2.80 bits per heavy atom. The second kappa shape index (κ2) is 7.17. The van der Waals surface area contributed by atoms with E-state index in [1.807, 2.05) is 30.3 Å². The Hall–Kier alpha value is -1.72. The van der Waals surface area contributed by atoms with Crippen LogP contribution in [0.4, 0.5) is 0 Å². The summed E-state index contributed by atoms with van der Waals surface area (Å²) < 4.78 is 5.36. The maximum Gasteiger partial charge on any atom is 0.223 e. The molecular formula is C15H20N2O3. The molecular weight excluding hydrogens is 256 g/mol. The standard InChI is InChI=1S/C15H20N2O3/c16-13(8-12-6-7-17-15(12)19)14(18)10-20-9-11-4-2-1-3-5-11/h1-5,12-13H,6-10,16H2,(H,17,19)/t12-,13?/m0/s1. The lowest BCUT2D eigenvalue weighted by atomic mass is 9.97. The van der Waals surface area contributed by atoms with Crippen LogP contribution in [0.15, 0.2) is 30.3 Å². The molecule has 1 aliphatic rings. The maximum absolute atomic E-state index is 11.8. The van der Waals surface area contributed by atoms with Gasteiger partial charge in [-0.1, -0.05) is 30.3 Å². The lowest BCUT2D eigenvalue weighted by molar-refractivity contribution is -0.126. The molecule has 3 N–H and O–H groups in total. The van der Waals surface area contributed by atoms with Gasteiger partial charge in [-0.25, -0.2) is 0 Å². The van der Waals surface area contributed by atoms with Gasteiger partial charge in [0.2, 0.25) is 5.91 Å². The maximum atomic E-state index is 11.8. The first-order chi connectivity index (χ1) is 9.66. The van der Waals surface area contributed by atoms with Gasteiger partial charge < -0.3 is 15.8 Å². The van der Waals surface area contributed by atoms with E-state index in [0.717, 1.165) is 12.0 Å². The van der Waals surface area contributed by atoms with Gasteiger partial charge in [0, 0.05) is 12.5 Å². The van der Waals surface area contributed by atoms with E-state index >= 15 is 0 Å². The minimum atomic E-state index is -0.625. The molecule has 1 aromatic rings. The van der Waals surface area contributed by atoms with Crippen LogP contribution < -0.4 is 11.1 Å². The lowest BCUT2D eigenvalue weighted by Crippen LogP contribution is -2.36. The molecule has 108 valence electrons. The predicted octanol–water partition coefficient (Wildman–Crippen LogP) is 0.626. The number of hydrogen-bond donors (Lipinski definition) is 2. The van der Waals surface area contributed by atoms with E-state index in [1.54, 1.807) is 0 Å². The largest absolute Gasteiger partial charge is 0.369 e. The van der Waals surface area contributed by atoms with Gasteiger partial charge in [-0.2, -0.15) is 0 Å². The fourth-order valence-corrected chi connectivity index (χ4v) is 2.26. The Balaban J connectivity index is 1.70. The van der Waals surface area contributed by atoms with Gasteiger partial charge in [-0.15, -0.1) is 0 Å². The SMILES string of the molecule is NC(C[C@@H]1CCNC1=O)C(=O)COCc1ccccc1. The number of ketones is 1. The zero-order chi connectivity index (χ0) is 14.4. The van der Waals surface area contributed by atoms with Gasteiger partial charge in [0.15, 0.2) is 5.78 Å². The summed E-state index contributed by atoms with van der Waals surface area (Å²) in [6.07, 6.45) is 1.16. The first-order valence-electron chi connectivity index (χ1n) is 6.84. The molecule has 1 aromatic carbocycles. The molecule has 0 spiro atoms. The average Bonchev–Trinajstić information content (AvgIpc) is 2.85. The zero-order valence-corrected chi connectivity index (χ0v) is 11.4. The molecule has 1 aliphatic heterocycles. The molecule has 0 aliphatic carbocycles. The van der Waals surface area contributed by atoms with Crippen molar-refractivity contribution in [1.29, 1.82) is 0 Å². The topological polar surface area (TPSA) is 81.4 Å². The van der Waals surface area contributed by atoms with Crippen LogP contribution in [0, 0.1) is 5.92 Å². The van der Waals surface area contributed by atoms with Crippen LogP contribution in [0.5, 0.6) is 0 Å². The van der Waals surface area contributed by atoms with Crippen LogP contribution in [0.2, 0.25) is 0 Å². The molecule has 1 saturated heterocycles. The van der Waals surface area contributed by atoms with E-state index in [9.17, 15) is 9.59 Å². The van der Waals surface area contributed by atoms with Crippen LogP contribution in [0.1, 0.15) is 18.4 Å². The van der Waals surface area contributed by atoms with Crippen molar-refractivity contribution in [3.8, 4) is 0 Å². The number of carbonyl (C=O) groups is 2. The van der Waals surface area contributed by atoms with Crippen molar-refractivity contribution in [1.82, 2.24) is 5.32 Å². The second-order valence-electron chi connectivity index (χ2n) is 5.06. The Labute approximate surface area is 118 Å². The molecule has 0 saturated carbocycles. The highest BCUT2D eigenvalue weighted by Crippen LogP contribution is 2.15. The number of Topliss-reactive ketones (excluding diaryl/α,β-unsaturated/α-hetero) is 1. The van der Waals surface area contributed by atoms with Crippen LogP contribution in [0.3, 0.4) is 0 Å². The molecule has 5 nitrogen and oxygen atoms in total. The summed E-state index contributed by atoms with van der Waals surface area (Å²) in [6.45, 7) is 1.06. The Morgan fingerprint density at radius 2 is 2.15 bits per heavy atom. The third-order valence-electron chi connectivity index (χ3n) is 3.47. The summed E-state index contributed by atoms with van der Waals surface area (Å²) in [4.78, 5) is 23.3. The lowest BCUT2D eigenvalue weighted by Gasteiger charge is -2.13. The van der Waals surface area contributed by atoms with E-state index in [0.29, 0.717) is 19.6 Å². The summed E-state index contributed by atoms with van der Waals surface area (Å²) in [5, 5.41) is 2.74. The van der Waals surface area contributed by atoms with Gasteiger partial charge in [0.1, 0.15) is 6.61 Å². The molecule has 1 heterocycles. The van der Waals surface area contributed by atoms with Crippen molar-refractivity contribution in [2.24, 2.45) is 11.7 Å². The molecule has 20 heavy (non-hydrogen) atoms. The molecule has 1 fully saturated rings. The van der Waals surface area contributed by atoms with Crippen LogP contribution in [0.25, 0.3) is 0 Å². The molecule has 0 radical (unpaired) electrons. The van der Waals surface area contributed by atoms with Crippen molar-refractivity contribution in [2.45, 2.75) is 25.5 Å². The quantitative estimate of drug-likeness (QED) is 0.765. The summed E-state index contributed by atoms with van der Waals surface area (Å²) >= 11 is 0. The van der Waals surface area contributed by atoms with E-state index in [1.165, 1.54) is 0 Å². The number of ether oxygens (including phenoxy) is 1. The third-order valence-corrected chi connectivity index (χ3v) is 3.47. The van der Waals surface area contributed by atoms with E-state index in [4.69, 9.17) is 10.5 Å². The van der Waals surface area contributed by atoms with Crippen molar-refractivity contribution < 1.29 is 14.3 Å². The smallest absolute Gasteiger partial charge is 0.223 e. The number of nitrogens with one attached hydrogen (secondary N) is 1. The van der Waals surface area contributed by atoms with Gasteiger partial charge in [0.05, 0.1) is 12.6 Å². The van der Waals surface area contributed by atoms with Gasteiger partial charge in [-0.3, -0.25) is 9.59 Å². The first kappa shape index (κ1) is 14.7. The highest BCUT2D eigenvalue weighted by atomic mass is 16.5. The summed E-state index contributed by atoms with van der Waals surface area (Å²) in [6, 6.07) is 9.02. The monoisotopic (exact) mass is 276 g/mol. The van der Waals surface area contributed by atoms with Gasteiger partial charge >= 0.3 is 0 Å². The number of amides is 1. The Morgan fingerprint density at radius 1 is 1.40 bits per heavy atom. The molecule has 0 bridgehead atoms. The van der Waals surface area contributed by atoms with Gasteiger partial charge in [0.25, 0.3) is 0 Å². The second-order valence-corrected chi connectivity index (χ2v) is 5.06.